The van der Waals surface area contributed by atoms with Gasteiger partial charge in [0.15, 0.2) is 5.82 Å². The van der Waals surface area contributed by atoms with E-state index in [1.54, 1.807) is 29.3 Å². The molecule has 0 saturated carbocycles. The molecule has 0 unspecified atom stereocenters. The Kier molecular flexibility index (Phi) is 5.81. The number of carboxylic acids is 1. The molecule has 0 aliphatic carbocycles. The zero-order chi connectivity index (χ0) is 16.7. The first-order valence-corrected chi connectivity index (χ1v) is 7.18. The quantitative estimate of drug-likeness (QED) is 0.657. The molecule has 0 aliphatic rings. The second-order valence-corrected chi connectivity index (χ2v) is 4.87. The van der Waals surface area contributed by atoms with Crippen LogP contribution in [0, 0.1) is 0 Å². The summed E-state index contributed by atoms with van der Waals surface area (Å²) < 4.78 is 0. The number of pyridine rings is 1. The molecular formula is C15H19N5O3. The fourth-order valence-electron chi connectivity index (χ4n) is 1.89. The third-order valence-corrected chi connectivity index (χ3v) is 3.08. The average molecular weight is 317 g/mol. The lowest BCUT2D eigenvalue weighted by atomic mass is 10.3. The predicted molar refractivity (Wildman–Crippen MR) is 86.4 cm³/mol. The van der Waals surface area contributed by atoms with Crippen LogP contribution in [0.15, 0.2) is 30.5 Å². The predicted octanol–water partition coefficient (Wildman–Crippen LogP) is 0.854. The molecule has 0 atom stereocenters. The van der Waals surface area contributed by atoms with Crippen molar-refractivity contribution in [2.45, 2.75) is 6.42 Å². The number of carbonyl (C=O) groups is 1. The maximum atomic E-state index is 10.6. The van der Waals surface area contributed by atoms with Crippen molar-refractivity contribution >= 4 is 17.6 Å². The summed E-state index contributed by atoms with van der Waals surface area (Å²) in [5.74, 6) is 0.689. The molecule has 0 aliphatic heterocycles. The Bertz CT molecular complexity index is 651. The van der Waals surface area contributed by atoms with Crippen molar-refractivity contribution < 1.29 is 15.0 Å². The van der Waals surface area contributed by atoms with Crippen LogP contribution in [-0.2, 0) is 4.79 Å². The number of aliphatic hydroxyl groups excluding tert-OH is 1. The van der Waals surface area contributed by atoms with Crippen LogP contribution in [0.5, 0.6) is 0 Å². The number of nitrogens with one attached hydrogen (secondary N) is 1. The van der Waals surface area contributed by atoms with Gasteiger partial charge in [-0.05, 0) is 12.1 Å². The van der Waals surface area contributed by atoms with Crippen LogP contribution in [-0.4, -0.2) is 57.9 Å². The maximum absolute atomic E-state index is 10.6. The highest BCUT2D eigenvalue weighted by Crippen LogP contribution is 2.20. The van der Waals surface area contributed by atoms with Crippen LogP contribution in [0.1, 0.15) is 6.42 Å². The minimum atomic E-state index is -0.880. The summed E-state index contributed by atoms with van der Waals surface area (Å²) in [7, 11) is 1.81. The third kappa shape index (κ3) is 4.89. The molecule has 0 radical (unpaired) electrons. The lowest BCUT2D eigenvalue weighted by Gasteiger charge is -2.18. The van der Waals surface area contributed by atoms with Gasteiger partial charge in [-0.2, -0.15) is 0 Å². The monoisotopic (exact) mass is 317 g/mol. The summed E-state index contributed by atoms with van der Waals surface area (Å²) in [6.07, 6.45) is 1.64. The van der Waals surface area contributed by atoms with Gasteiger partial charge in [0.2, 0.25) is 0 Å². The molecule has 8 heteroatoms. The van der Waals surface area contributed by atoms with Gasteiger partial charge in [-0.25, -0.2) is 9.97 Å². The number of anilines is 2. The van der Waals surface area contributed by atoms with E-state index in [1.165, 1.54) is 0 Å². The van der Waals surface area contributed by atoms with E-state index in [9.17, 15) is 4.79 Å². The van der Waals surface area contributed by atoms with E-state index < -0.39 is 5.97 Å². The molecule has 23 heavy (non-hydrogen) atoms. The van der Waals surface area contributed by atoms with Gasteiger partial charge in [0.05, 0.1) is 13.0 Å². The number of likely N-dealkylation sites (N-methyl/N-ethyl adjacent to an activating group) is 1. The first-order valence-electron chi connectivity index (χ1n) is 7.18. The second-order valence-electron chi connectivity index (χ2n) is 4.87. The Hall–Kier alpha value is -2.74. The van der Waals surface area contributed by atoms with E-state index in [-0.39, 0.29) is 19.6 Å². The van der Waals surface area contributed by atoms with Gasteiger partial charge in [-0.3, -0.25) is 9.78 Å². The van der Waals surface area contributed by atoms with Crippen LogP contribution in [0.25, 0.3) is 11.5 Å². The lowest BCUT2D eigenvalue weighted by molar-refractivity contribution is -0.136. The Labute approximate surface area is 133 Å². The van der Waals surface area contributed by atoms with Gasteiger partial charge < -0.3 is 20.4 Å². The van der Waals surface area contributed by atoms with E-state index in [0.29, 0.717) is 29.7 Å². The maximum Gasteiger partial charge on any atom is 0.305 e. The second kappa shape index (κ2) is 8.04. The van der Waals surface area contributed by atoms with Gasteiger partial charge in [0.25, 0.3) is 0 Å². The first-order chi connectivity index (χ1) is 11.1. The number of aromatic nitrogens is 3. The summed E-state index contributed by atoms with van der Waals surface area (Å²) >= 11 is 0. The van der Waals surface area contributed by atoms with Crippen molar-refractivity contribution in [3.63, 3.8) is 0 Å². The molecule has 0 amide bonds. The van der Waals surface area contributed by atoms with E-state index in [4.69, 9.17) is 10.2 Å². The van der Waals surface area contributed by atoms with Crippen LogP contribution in [0.4, 0.5) is 11.6 Å². The SMILES string of the molecule is CN(CCO)c1cc(NCCC(=O)O)nc(-c2ccccn2)n1. The third-order valence-electron chi connectivity index (χ3n) is 3.08. The molecule has 3 N–H and O–H groups in total. The van der Waals surface area contributed by atoms with Gasteiger partial charge in [-0.1, -0.05) is 6.07 Å². The van der Waals surface area contributed by atoms with Crippen LogP contribution < -0.4 is 10.2 Å². The van der Waals surface area contributed by atoms with Crippen molar-refractivity contribution in [3.05, 3.63) is 30.5 Å². The number of rotatable bonds is 8. The molecule has 122 valence electrons. The molecule has 8 nitrogen and oxygen atoms in total. The number of hydrogen-bond acceptors (Lipinski definition) is 7. The Morgan fingerprint density at radius 2 is 2.17 bits per heavy atom. The van der Waals surface area contributed by atoms with Crippen molar-refractivity contribution in [2.75, 3.05) is 37.0 Å². The van der Waals surface area contributed by atoms with Crippen molar-refractivity contribution in [1.82, 2.24) is 15.0 Å². The zero-order valence-electron chi connectivity index (χ0n) is 12.8. The number of nitrogens with zero attached hydrogens (tertiary/aromatic N) is 4. The standard InChI is InChI=1S/C15H19N5O3/c1-20(8-9-21)13-10-12(17-7-5-14(22)23)18-15(19-13)11-4-2-3-6-16-11/h2-4,6,10,21H,5,7-9H2,1H3,(H,22,23)(H,17,18,19). The van der Waals surface area contributed by atoms with E-state index in [1.807, 2.05) is 13.1 Å². The molecule has 2 aromatic rings. The van der Waals surface area contributed by atoms with Gasteiger partial charge in [-0.15, -0.1) is 0 Å². The van der Waals surface area contributed by atoms with Crippen molar-refractivity contribution in [2.24, 2.45) is 0 Å². The number of aliphatic hydroxyl groups is 1. The molecular weight excluding hydrogens is 298 g/mol. The molecule has 0 bridgehead atoms. The normalized spacial score (nSPS) is 10.3. The van der Waals surface area contributed by atoms with Crippen LogP contribution in [0.3, 0.4) is 0 Å². The summed E-state index contributed by atoms with van der Waals surface area (Å²) in [5, 5.41) is 20.8. The molecule has 2 heterocycles. The Balaban J connectivity index is 2.29. The fraction of sp³-hybridized carbons (Fsp3) is 0.333. The highest BCUT2D eigenvalue weighted by molar-refractivity contribution is 5.67. The molecule has 0 aromatic carbocycles. The summed E-state index contributed by atoms with van der Waals surface area (Å²) in [6, 6.07) is 7.15. The zero-order valence-corrected chi connectivity index (χ0v) is 12.8. The number of hydrogen-bond donors (Lipinski definition) is 3. The first kappa shape index (κ1) is 16.6. The summed E-state index contributed by atoms with van der Waals surface area (Å²) in [6.45, 7) is 0.686. The Morgan fingerprint density at radius 3 is 2.83 bits per heavy atom. The van der Waals surface area contributed by atoms with Crippen molar-refractivity contribution in [3.8, 4) is 11.5 Å². The molecule has 2 aromatic heterocycles. The van der Waals surface area contributed by atoms with Crippen LogP contribution in [0.2, 0.25) is 0 Å². The van der Waals surface area contributed by atoms with Gasteiger partial charge in [0, 0.05) is 32.4 Å². The molecule has 2 rings (SSSR count). The minimum absolute atomic E-state index is 0.00119. The van der Waals surface area contributed by atoms with E-state index in [2.05, 4.69) is 20.3 Å². The largest absolute Gasteiger partial charge is 0.481 e. The highest BCUT2D eigenvalue weighted by atomic mass is 16.4. The minimum Gasteiger partial charge on any atom is -0.481 e. The topological polar surface area (TPSA) is 111 Å². The highest BCUT2D eigenvalue weighted by Gasteiger charge is 2.11. The molecule has 0 spiro atoms. The lowest BCUT2D eigenvalue weighted by Crippen LogP contribution is -2.23. The van der Waals surface area contributed by atoms with E-state index >= 15 is 0 Å². The van der Waals surface area contributed by atoms with E-state index in [0.717, 1.165) is 0 Å². The molecule has 0 saturated heterocycles. The van der Waals surface area contributed by atoms with Crippen LogP contribution >= 0.6 is 0 Å². The Morgan fingerprint density at radius 1 is 1.35 bits per heavy atom. The summed E-state index contributed by atoms with van der Waals surface area (Å²) in [5.41, 5.74) is 0.619. The van der Waals surface area contributed by atoms with Crippen molar-refractivity contribution in [1.29, 1.82) is 0 Å². The fourth-order valence-corrected chi connectivity index (χ4v) is 1.89. The average Bonchev–Trinajstić information content (AvgIpc) is 2.55. The number of carboxylic acid groups (broad SMARTS) is 1. The number of aliphatic carboxylic acids is 1. The van der Waals surface area contributed by atoms with Gasteiger partial charge in [0.1, 0.15) is 17.3 Å². The molecule has 0 fully saturated rings. The smallest absolute Gasteiger partial charge is 0.305 e. The summed E-state index contributed by atoms with van der Waals surface area (Å²) in [4.78, 5) is 25.5. The van der Waals surface area contributed by atoms with Gasteiger partial charge >= 0.3 is 5.97 Å².